The molecule has 0 saturated heterocycles. The second kappa shape index (κ2) is 3.74. The lowest BCUT2D eigenvalue weighted by Gasteiger charge is -2.05. The van der Waals surface area contributed by atoms with Crippen LogP contribution < -0.4 is 5.56 Å². The first kappa shape index (κ1) is 9.98. The predicted octanol–water partition coefficient (Wildman–Crippen LogP) is 1.76. The fourth-order valence-electron chi connectivity index (χ4n) is 0.880. The van der Waals surface area contributed by atoms with Crippen molar-refractivity contribution in [1.29, 1.82) is 0 Å². The van der Waals surface area contributed by atoms with Gasteiger partial charge in [-0.1, -0.05) is 0 Å². The summed E-state index contributed by atoms with van der Waals surface area (Å²) in [4.78, 5) is 12.6. The van der Waals surface area contributed by atoms with E-state index in [0.29, 0.717) is 0 Å². The highest BCUT2D eigenvalue weighted by Crippen LogP contribution is 2.22. The topological polar surface area (TPSA) is 53.1 Å². The van der Waals surface area contributed by atoms with Crippen molar-refractivity contribution in [3.63, 3.8) is 0 Å². The van der Waals surface area contributed by atoms with Crippen LogP contribution in [0, 0.1) is 0 Å². The monoisotopic (exact) mass is 209 g/mol. The van der Waals surface area contributed by atoms with Crippen molar-refractivity contribution >= 4 is 11.6 Å². The van der Waals surface area contributed by atoms with Gasteiger partial charge in [0.05, 0.1) is 5.69 Å². The second-order valence-electron chi connectivity index (χ2n) is 2.36. The van der Waals surface area contributed by atoms with E-state index in [9.17, 15) is 13.6 Å². The fourth-order valence-corrected chi connectivity index (χ4v) is 1.10. The number of aromatic amines is 1. The number of aromatic hydroxyl groups is 1. The molecular formula is C7H6ClF2NO2. The summed E-state index contributed by atoms with van der Waals surface area (Å²) in [6.07, 6.45) is -2.80. The van der Waals surface area contributed by atoms with Gasteiger partial charge in [-0.25, -0.2) is 8.78 Å². The Morgan fingerprint density at radius 2 is 2.23 bits per heavy atom. The summed E-state index contributed by atoms with van der Waals surface area (Å²) in [5.41, 5.74) is -1.46. The van der Waals surface area contributed by atoms with E-state index in [0.717, 1.165) is 6.07 Å². The van der Waals surface area contributed by atoms with E-state index >= 15 is 0 Å². The van der Waals surface area contributed by atoms with Crippen molar-refractivity contribution in [1.82, 2.24) is 4.98 Å². The largest absolute Gasteiger partial charge is 0.503 e. The lowest BCUT2D eigenvalue weighted by Crippen LogP contribution is -2.11. The molecule has 1 heterocycles. The minimum atomic E-state index is -2.80. The minimum absolute atomic E-state index is 0.0220. The molecule has 1 aromatic heterocycles. The van der Waals surface area contributed by atoms with Crippen molar-refractivity contribution < 1.29 is 13.9 Å². The molecule has 0 bridgehead atoms. The second-order valence-corrected chi connectivity index (χ2v) is 2.62. The first-order valence-electron chi connectivity index (χ1n) is 3.35. The Labute approximate surface area is 77.0 Å². The molecule has 0 radical (unpaired) electrons. The van der Waals surface area contributed by atoms with Gasteiger partial charge in [-0.05, 0) is 11.6 Å². The van der Waals surface area contributed by atoms with Crippen LogP contribution in [0.4, 0.5) is 8.78 Å². The Balaban J connectivity index is 3.33. The van der Waals surface area contributed by atoms with E-state index in [4.69, 9.17) is 16.7 Å². The average Bonchev–Trinajstić information content (AvgIpc) is 2.08. The number of aromatic nitrogens is 1. The zero-order chi connectivity index (χ0) is 10.0. The highest BCUT2D eigenvalue weighted by molar-refractivity contribution is 6.17. The van der Waals surface area contributed by atoms with Gasteiger partial charge in [0.2, 0.25) is 0 Å². The molecule has 0 aromatic carbocycles. The Bertz CT molecular complexity index is 364. The van der Waals surface area contributed by atoms with E-state index in [1.54, 1.807) is 0 Å². The number of hydrogen-bond donors (Lipinski definition) is 2. The summed E-state index contributed by atoms with van der Waals surface area (Å²) >= 11 is 5.33. The van der Waals surface area contributed by atoms with Crippen LogP contribution in [0.25, 0.3) is 0 Å². The first-order chi connectivity index (χ1) is 6.06. The van der Waals surface area contributed by atoms with Gasteiger partial charge in [-0.3, -0.25) is 4.79 Å². The molecule has 2 N–H and O–H groups in total. The lowest BCUT2D eigenvalue weighted by atomic mass is 10.2. The Morgan fingerprint density at radius 3 is 2.69 bits per heavy atom. The van der Waals surface area contributed by atoms with Gasteiger partial charge in [0.15, 0.2) is 5.75 Å². The molecule has 0 amide bonds. The van der Waals surface area contributed by atoms with Crippen molar-refractivity contribution in [3.8, 4) is 5.75 Å². The molecule has 6 heteroatoms. The average molecular weight is 210 g/mol. The number of H-pyrrole nitrogens is 1. The van der Waals surface area contributed by atoms with Crippen LogP contribution in [0.1, 0.15) is 17.7 Å². The molecule has 1 aromatic rings. The van der Waals surface area contributed by atoms with Gasteiger partial charge >= 0.3 is 0 Å². The number of alkyl halides is 3. The molecule has 0 unspecified atom stereocenters. The Morgan fingerprint density at radius 1 is 1.62 bits per heavy atom. The molecule has 13 heavy (non-hydrogen) atoms. The number of rotatable bonds is 2. The van der Waals surface area contributed by atoms with Crippen LogP contribution in [-0.2, 0) is 5.88 Å². The highest BCUT2D eigenvalue weighted by atomic mass is 35.5. The quantitative estimate of drug-likeness (QED) is 0.730. The highest BCUT2D eigenvalue weighted by Gasteiger charge is 2.15. The molecular weight excluding hydrogens is 204 g/mol. The van der Waals surface area contributed by atoms with Crippen LogP contribution in [0.5, 0.6) is 5.75 Å². The third-order valence-electron chi connectivity index (χ3n) is 1.50. The van der Waals surface area contributed by atoms with Gasteiger partial charge in [-0.2, -0.15) is 0 Å². The molecule has 0 aliphatic heterocycles. The third-order valence-corrected chi connectivity index (χ3v) is 1.79. The van der Waals surface area contributed by atoms with Gasteiger partial charge in [-0.15, -0.1) is 11.6 Å². The molecule has 1 rings (SSSR count). The number of nitrogens with one attached hydrogen (secondary N) is 1. The standard InChI is InChI=1S/C7H6ClF2NO2/c8-2-3-1-4(12)7(13)11-5(3)6(9)10/h1,6,12H,2H2,(H,11,13). The van der Waals surface area contributed by atoms with E-state index < -0.39 is 23.4 Å². The van der Waals surface area contributed by atoms with Crippen LogP contribution in [0.3, 0.4) is 0 Å². The first-order valence-corrected chi connectivity index (χ1v) is 3.89. The van der Waals surface area contributed by atoms with Crippen LogP contribution >= 0.6 is 11.6 Å². The van der Waals surface area contributed by atoms with E-state index in [2.05, 4.69) is 0 Å². The van der Waals surface area contributed by atoms with Crippen LogP contribution in [-0.4, -0.2) is 10.1 Å². The van der Waals surface area contributed by atoms with Crippen molar-refractivity contribution in [2.24, 2.45) is 0 Å². The van der Waals surface area contributed by atoms with E-state index in [1.807, 2.05) is 4.98 Å². The summed E-state index contributed by atoms with van der Waals surface area (Å²) < 4.78 is 24.4. The Kier molecular flexibility index (Phi) is 2.87. The lowest BCUT2D eigenvalue weighted by molar-refractivity contribution is 0.144. The molecule has 72 valence electrons. The zero-order valence-electron chi connectivity index (χ0n) is 6.35. The summed E-state index contributed by atoms with van der Waals surface area (Å²) in [6, 6.07) is 0.938. The van der Waals surface area contributed by atoms with Crippen molar-refractivity contribution in [3.05, 3.63) is 27.7 Å². The molecule has 0 aliphatic rings. The molecule has 0 atom stereocenters. The molecule has 0 saturated carbocycles. The maximum Gasteiger partial charge on any atom is 0.290 e. The number of pyridine rings is 1. The maximum absolute atomic E-state index is 12.2. The molecule has 3 nitrogen and oxygen atoms in total. The maximum atomic E-state index is 12.2. The molecule has 0 aliphatic carbocycles. The normalized spacial score (nSPS) is 10.8. The number of halogens is 3. The minimum Gasteiger partial charge on any atom is -0.503 e. The van der Waals surface area contributed by atoms with Crippen LogP contribution in [0.15, 0.2) is 10.9 Å². The van der Waals surface area contributed by atoms with Gasteiger partial charge in [0.25, 0.3) is 12.0 Å². The molecule has 0 spiro atoms. The van der Waals surface area contributed by atoms with Gasteiger partial charge in [0, 0.05) is 5.88 Å². The van der Waals surface area contributed by atoms with Gasteiger partial charge < -0.3 is 10.1 Å². The zero-order valence-corrected chi connectivity index (χ0v) is 7.11. The SMILES string of the molecule is O=c1[nH]c(C(F)F)c(CCl)cc1O. The third kappa shape index (κ3) is 1.98. The smallest absolute Gasteiger partial charge is 0.290 e. The van der Waals surface area contributed by atoms with E-state index in [-0.39, 0.29) is 11.4 Å². The van der Waals surface area contributed by atoms with Crippen molar-refractivity contribution in [2.75, 3.05) is 0 Å². The van der Waals surface area contributed by atoms with Gasteiger partial charge in [0.1, 0.15) is 0 Å². The summed E-state index contributed by atoms with van der Waals surface area (Å²) in [7, 11) is 0. The van der Waals surface area contributed by atoms with E-state index in [1.165, 1.54) is 0 Å². The molecule has 0 fully saturated rings. The van der Waals surface area contributed by atoms with Crippen LogP contribution in [0.2, 0.25) is 0 Å². The Hall–Kier alpha value is -1.10. The fraction of sp³-hybridized carbons (Fsp3) is 0.286. The van der Waals surface area contributed by atoms with Crippen molar-refractivity contribution in [2.45, 2.75) is 12.3 Å². The summed E-state index contributed by atoms with van der Waals surface area (Å²) in [6.45, 7) is 0. The summed E-state index contributed by atoms with van der Waals surface area (Å²) in [5.74, 6) is -0.802. The predicted molar refractivity (Wildman–Crippen MR) is 43.2 cm³/mol. The number of hydrogen-bond acceptors (Lipinski definition) is 2. The summed E-state index contributed by atoms with van der Waals surface area (Å²) in [5, 5.41) is 8.89.